The molecule has 0 fully saturated rings. The highest BCUT2D eigenvalue weighted by Crippen LogP contribution is 2.07. The van der Waals surface area contributed by atoms with Gasteiger partial charge >= 0.3 is 12.0 Å². The lowest BCUT2D eigenvalue weighted by Gasteiger charge is -2.23. The number of nitrogens with one attached hydrogen (secondary N) is 2. The summed E-state index contributed by atoms with van der Waals surface area (Å²) in [5, 5.41) is 14.1. The average molecular weight is 297 g/mol. The van der Waals surface area contributed by atoms with Crippen LogP contribution in [-0.2, 0) is 6.54 Å². The molecule has 7 heteroatoms. The summed E-state index contributed by atoms with van der Waals surface area (Å²) in [5.74, 6) is -0.861. The van der Waals surface area contributed by atoms with Crippen molar-refractivity contribution in [3.8, 4) is 0 Å². The normalized spacial score (nSPS) is 12.2. The van der Waals surface area contributed by atoms with Crippen LogP contribution in [0.2, 0.25) is 0 Å². The number of hydrogen-bond donors (Lipinski definition) is 3. The lowest BCUT2D eigenvalue weighted by atomic mass is 10.2. The Morgan fingerprint density at radius 2 is 2.10 bits per heavy atom. The molecule has 1 unspecified atom stereocenters. The van der Waals surface area contributed by atoms with E-state index in [1.807, 2.05) is 7.05 Å². The minimum absolute atomic E-state index is 0.137. The number of urea groups is 1. The monoisotopic (exact) mass is 297 g/mol. The van der Waals surface area contributed by atoms with Crippen molar-refractivity contribution in [2.24, 2.45) is 0 Å². The van der Waals surface area contributed by atoms with Gasteiger partial charge in [-0.05, 0) is 32.5 Å². The quantitative estimate of drug-likeness (QED) is 0.676. The summed E-state index contributed by atoms with van der Waals surface area (Å²) in [4.78, 5) is 24.4. The molecule has 0 aliphatic carbocycles. The zero-order valence-electron chi connectivity index (χ0n) is 12.7. The van der Waals surface area contributed by atoms with E-state index < -0.39 is 5.97 Å². The molecule has 1 aromatic heterocycles. The molecule has 0 spiro atoms. The van der Waals surface area contributed by atoms with Gasteiger partial charge in [-0.2, -0.15) is 0 Å². The fraction of sp³-hybridized carbons (Fsp3) is 0.571. The van der Waals surface area contributed by atoms with Crippen molar-refractivity contribution in [2.45, 2.75) is 32.9 Å². The zero-order chi connectivity index (χ0) is 15.8. The first-order valence-electron chi connectivity index (χ1n) is 6.98. The summed E-state index contributed by atoms with van der Waals surface area (Å²) in [6, 6.07) is 3.06. The van der Waals surface area contributed by atoms with Gasteiger partial charge in [-0.25, -0.2) is 9.59 Å². The van der Waals surface area contributed by atoms with Crippen molar-refractivity contribution < 1.29 is 19.1 Å². The second kappa shape index (κ2) is 8.31. The molecule has 0 aliphatic heterocycles. The van der Waals surface area contributed by atoms with Crippen molar-refractivity contribution in [1.82, 2.24) is 15.5 Å². The van der Waals surface area contributed by atoms with Crippen molar-refractivity contribution >= 4 is 12.0 Å². The SMILES string of the molecule is CCC(C)N(C)CCNC(=O)NCc1ccc(C(=O)O)o1. The third-order valence-electron chi connectivity index (χ3n) is 3.39. The number of carbonyl (C=O) groups is 2. The maximum atomic E-state index is 11.6. The number of furan rings is 1. The lowest BCUT2D eigenvalue weighted by Crippen LogP contribution is -2.41. The molecule has 0 aromatic carbocycles. The lowest BCUT2D eigenvalue weighted by molar-refractivity contribution is 0.0660. The van der Waals surface area contributed by atoms with Gasteiger partial charge in [0.25, 0.3) is 0 Å². The Kier molecular flexibility index (Phi) is 6.74. The molecule has 0 saturated carbocycles. The first-order chi connectivity index (χ1) is 9.93. The van der Waals surface area contributed by atoms with Gasteiger partial charge < -0.3 is 25.1 Å². The number of amides is 2. The highest BCUT2D eigenvalue weighted by Gasteiger charge is 2.10. The van der Waals surface area contributed by atoms with Crippen molar-refractivity contribution in [1.29, 1.82) is 0 Å². The number of hydrogen-bond acceptors (Lipinski definition) is 4. The van der Waals surface area contributed by atoms with Crippen LogP contribution in [0.1, 0.15) is 36.6 Å². The maximum absolute atomic E-state index is 11.6. The van der Waals surface area contributed by atoms with E-state index in [2.05, 4.69) is 29.4 Å². The molecule has 1 aromatic rings. The van der Waals surface area contributed by atoms with Crippen LogP contribution < -0.4 is 10.6 Å². The van der Waals surface area contributed by atoms with Crippen LogP contribution in [0.3, 0.4) is 0 Å². The van der Waals surface area contributed by atoms with Crippen LogP contribution in [0.15, 0.2) is 16.5 Å². The second-order valence-corrected chi connectivity index (χ2v) is 4.92. The van der Waals surface area contributed by atoms with Gasteiger partial charge in [0.05, 0.1) is 6.54 Å². The Morgan fingerprint density at radius 3 is 2.67 bits per heavy atom. The molecule has 1 heterocycles. The molecule has 21 heavy (non-hydrogen) atoms. The summed E-state index contributed by atoms with van der Waals surface area (Å²) in [7, 11) is 2.02. The molecule has 1 atom stereocenters. The molecule has 1 rings (SSSR count). The van der Waals surface area contributed by atoms with Gasteiger partial charge in [0.15, 0.2) is 0 Å². The van der Waals surface area contributed by atoms with Gasteiger partial charge in [-0.15, -0.1) is 0 Å². The topological polar surface area (TPSA) is 94.8 Å². The van der Waals surface area contributed by atoms with E-state index in [0.29, 0.717) is 18.3 Å². The largest absolute Gasteiger partial charge is 0.475 e. The van der Waals surface area contributed by atoms with E-state index in [9.17, 15) is 9.59 Å². The first kappa shape index (κ1) is 17.0. The molecule has 0 radical (unpaired) electrons. The van der Waals surface area contributed by atoms with Gasteiger partial charge in [-0.1, -0.05) is 6.92 Å². The van der Waals surface area contributed by atoms with Gasteiger partial charge in [-0.3, -0.25) is 0 Å². The van der Waals surface area contributed by atoms with E-state index >= 15 is 0 Å². The van der Waals surface area contributed by atoms with Crippen LogP contribution in [0.4, 0.5) is 4.79 Å². The van der Waals surface area contributed by atoms with Crippen LogP contribution in [-0.4, -0.2) is 48.2 Å². The molecule has 118 valence electrons. The van der Waals surface area contributed by atoms with Crippen LogP contribution >= 0.6 is 0 Å². The number of nitrogens with zero attached hydrogens (tertiary/aromatic N) is 1. The predicted molar refractivity (Wildman–Crippen MR) is 78.3 cm³/mol. The molecule has 0 aliphatic rings. The molecule has 0 saturated heterocycles. The van der Waals surface area contributed by atoms with Crippen LogP contribution in [0, 0.1) is 0 Å². The van der Waals surface area contributed by atoms with E-state index in [1.54, 1.807) is 0 Å². The van der Waals surface area contributed by atoms with Crippen LogP contribution in [0.25, 0.3) is 0 Å². The summed E-state index contributed by atoms with van der Waals surface area (Å²) in [6.07, 6.45) is 1.06. The molecule has 0 bridgehead atoms. The van der Waals surface area contributed by atoms with Gasteiger partial charge in [0, 0.05) is 19.1 Å². The van der Waals surface area contributed by atoms with Gasteiger partial charge in [0.2, 0.25) is 5.76 Å². The standard InChI is InChI=1S/C14H23N3O4/c1-4-10(2)17(3)8-7-15-14(20)16-9-11-5-6-12(21-11)13(18)19/h5-6,10H,4,7-9H2,1-3H3,(H,18,19)(H2,15,16,20). The Hall–Kier alpha value is -2.02. The summed E-state index contributed by atoms with van der Waals surface area (Å²) in [5.41, 5.74) is 0. The molecule has 2 amide bonds. The van der Waals surface area contributed by atoms with E-state index in [-0.39, 0.29) is 18.3 Å². The van der Waals surface area contributed by atoms with E-state index in [0.717, 1.165) is 13.0 Å². The number of carboxylic acid groups (broad SMARTS) is 1. The average Bonchev–Trinajstić information content (AvgIpc) is 2.93. The second-order valence-electron chi connectivity index (χ2n) is 4.92. The fourth-order valence-corrected chi connectivity index (χ4v) is 1.70. The summed E-state index contributed by atoms with van der Waals surface area (Å²) >= 11 is 0. The third-order valence-corrected chi connectivity index (χ3v) is 3.39. The Balaban J connectivity index is 2.23. The Bertz CT molecular complexity index is 473. The summed E-state index contributed by atoms with van der Waals surface area (Å²) < 4.78 is 5.03. The number of carbonyl (C=O) groups excluding carboxylic acids is 1. The summed E-state index contributed by atoms with van der Waals surface area (Å²) in [6.45, 7) is 5.73. The zero-order valence-corrected chi connectivity index (χ0v) is 12.7. The molecule has 3 N–H and O–H groups in total. The fourth-order valence-electron chi connectivity index (χ4n) is 1.70. The van der Waals surface area contributed by atoms with E-state index in [4.69, 9.17) is 9.52 Å². The Morgan fingerprint density at radius 1 is 1.38 bits per heavy atom. The highest BCUT2D eigenvalue weighted by atomic mass is 16.4. The predicted octanol–water partition coefficient (Wildman–Crippen LogP) is 1.51. The highest BCUT2D eigenvalue weighted by molar-refractivity contribution is 5.84. The molecule has 7 nitrogen and oxygen atoms in total. The van der Waals surface area contributed by atoms with Gasteiger partial charge in [0.1, 0.15) is 5.76 Å². The van der Waals surface area contributed by atoms with Crippen molar-refractivity contribution in [3.63, 3.8) is 0 Å². The number of aromatic carboxylic acids is 1. The maximum Gasteiger partial charge on any atom is 0.371 e. The molecular weight excluding hydrogens is 274 g/mol. The molecular formula is C14H23N3O4. The van der Waals surface area contributed by atoms with E-state index in [1.165, 1.54) is 12.1 Å². The smallest absolute Gasteiger partial charge is 0.371 e. The Labute approximate surface area is 124 Å². The van der Waals surface area contributed by atoms with Crippen molar-refractivity contribution in [2.75, 3.05) is 20.1 Å². The minimum Gasteiger partial charge on any atom is -0.475 e. The van der Waals surface area contributed by atoms with Crippen LogP contribution in [0.5, 0.6) is 0 Å². The first-order valence-corrected chi connectivity index (χ1v) is 6.98. The number of carboxylic acids is 1. The van der Waals surface area contributed by atoms with Crippen molar-refractivity contribution in [3.05, 3.63) is 23.7 Å². The number of rotatable bonds is 8. The minimum atomic E-state index is -1.13. The number of likely N-dealkylation sites (N-methyl/N-ethyl adjacent to an activating group) is 1. The third kappa shape index (κ3) is 5.86.